The van der Waals surface area contributed by atoms with Crippen LogP contribution in [0.2, 0.25) is 0 Å². The second-order valence-electron chi connectivity index (χ2n) is 8.48. The third-order valence-electron chi connectivity index (χ3n) is 6.14. The van der Waals surface area contributed by atoms with Crippen LogP contribution >= 0.6 is 0 Å². The molecule has 166 valence electrons. The van der Waals surface area contributed by atoms with E-state index in [9.17, 15) is 9.90 Å². The number of carbonyl (C=O) groups is 1. The van der Waals surface area contributed by atoms with Crippen LogP contribution in [0.25, 0.3) is 34.0 Å². The molecule has 1 aromatic heterocycles. The lowest BCUT2D eigenvalue weighted by atomic mass is 9.98. The van der Waals surface area contributed by atoms with Gasteiger partial charge in [0.25, 0.3) is 5.89 Å². The van der Waals surface area contributed by atoms with Crippen molar-refractivity contribution in [2.24, 2.45) is 5.92 Å². The number of likely N-dealkylation sites (tertiary alicyclic amines) is 1. The lowest BCUT2D eigenvalue weighted by Crippen LogP contribution is -2.38. The molecule has 5 rings (SSSR count). The van der Waals surface area contributed by atoms with Crippen LogP contribution in [-0.2, 0) is 11.3 Å². The van der Waals surface area contributed by atoms with Crippen molar-refractivity contribution in [1.82, 2.24) is 15.0 Å². The van der Waals surface area contributed by atoms with Crippen LogP contribution < -0.4 is 0 Å². The Kier molecular flexibility index (Phi) is 6.00. The molecule has 1 unspecified atom stereocenters. The fourth-order valence-electron chi connectivity index (χ4n) is 4.31. The summed E-state index contributed by atoms with van der Waals surface area (Å²) in [4.78, 5) is 18.1. The number of aliphatic carboxylic acids is 1. The molecule has 0 aliphatic carbocycles. The largest absolute Gasteiger partial charge is 0.481 e. The summed E-state index contributed by atoms with van der Waals surface area (Å²) in [5.74, 6) is 0.0736. The van der Waals surface area contributed by atoms with E-state index < -0.39 is 5.97 Å². The zero-order valence-corrected chi connectivity index (χ0v) is 18.2. The van der Waals surface area contributed by atoms with E-state index in [1.54, 1.807) is 0 Å². The van der Waals surface area contributed by atoms with Gasteiger partial charge in [-0.05, 0) is 48.2 Å². The first-order valence-electron chi connectivity index (χ1n) is 11.2. The summed E-state index contributed by atoms with van der Waals surface area (Å²) in [6.45, 7) is 2.28. The van der Waals surface area contributed by atoms with Gasteiger partial charge in [-0.15, -0.1) is 0 Å². The molecule has 0 bridgehead atoms. The highest BCUT2D eigenvalue weighted by molar-refractivity contribution is 5.70. The summed E-state index contributed by atoms with van der Waals surface area (Å²) < 4.78 is 5.51. The van der Waals surface area contributed by atoms with Crippen LogP contribution in [0.1, 0.15) is 18.4 Å². The summed E-state index contributed by atoms with van der Waals surface area (Å²) >= 11 is 0. The van der Waals surface area contributed by atoms with E-state index in [-0.39, 0.29) is 5.92 Å². The number of aromatic nitrogens is 2. The molecule has 33 heavy (non-hydrogen) atoms. The monoisotopic (exact) mass is 439 g/mol. The Labute approximate surface area is 192 Å². The fourth-order valence-corrected chi connectivity index (χ4v) is 4.31. The number of hydrogen-bond acceptors (Lipinski definition) is 5. The molecule has 2 heterocycles. The first-order valence-corrected chi connectivity index (χ1v) is 11.2. The summed E-state index contributed by atoms with van der Waals surface area (Å²) in [6.07, 6.45) is 1.69. The van der Waals surface area contributed by atoms with E-state index in [4.69, 9.17) is 4.52 Å². The van der Waals surface area contributed by atoms with Crippen LogP contribution in [0.4, 0.5) is 0 Å². The normalized spacial score (nSPS) is 16.5. The van der Waals surface area contributed by atoms with Gasteiger partial charge in [0, 0.05) is 24.2 Å². The number of piperidine rings is 1. The molecular weight excluding hydrogens is 414 g/mol. The Hall–Kier alpha value is -3.77. The Bertz CT molecular complexity index is 1220. The minimum absolute atomic E-state index is 0.266. The number of nitrogens with zero attached hydrogens (tertiary/aromatic N) is 3. The Balaban J connectivity index is 1.26. The van der Waals surface area contributed by atoms with Crippen molar-refractivity contribution >= 4 is 5.97 Å². The van der Waals surface area contributed by atoms with Crippen LogP contribution in [-0.4, -0.2) is 39.2 Å². The Morgan fingerprint density at radius 1 is 0.909 bits per heavy atom. The maximum absolute atomic E-state index is 11.3. The third kappa shape index (κ3) is 4.86. The van der Waals surface area contributed by atoms with Crippen LogP contribution in [0.15, 0.2) is 83.4 Å². The number of benzene rings is 3. The summed E-state index contributed by atoms with van der Waals surface area (Å²) in [6, 6.07) is 26.4. The summed E-state index contributed by atoms with van der Waals surface area (Å²) in [5.41, 5.74) is 5.21. The van der Waals surface area contributed by atoms with Gasteiger partial charge >= 0.3 is 5.97 Å². The predicted octanol–water partition coefficient (Wildman–Crippen LogP) is 5.37. The van der Waals surface area contributed by atoms with E-state index in [2.05, 4.69) is 39.3 Å². The van der Waals surface area contributed by atoms with Crippen molar-refractivity contribution in [3.63, 3.8) is 0 Å². The molecule has 3 aromatic carbocycles. The van der Waals surface area contributed by atoms with Gasteiger partial charge in [0.1, 0.15) is 0 Å². The first-order chi connectivity index (χ1) is 16.2. The number of hydrogen-bond donors (Lipinski definition) is 1. The number of carboxylic acids is 1. The van der Waals surface area contributed by atoms with Crippen molar-refractivity contribution in [1.29, 1.82) is 0 Å². The quantitative estimate of drug-likeness (QED) is 0.435. The molecule has 6 nitrogen and oxygen atoms in total. The lowest BCUT2D eigenvalue weighted by Gasteiger charge is -2.30. The van der Waals surface area contributed by atoms with Gasteiger partial charge in [-0.1, -0.05) is 71.9 Å². The molecule has 1 aliphatic heterocycles. The molecule has 1 N–H and O–H groups in total. The highest BCUT2D eigenvalue weighted by Gasteiger charge is 2.25. The zero-order chi connectivity index (χ0) is 22.6. The van der Waals surface area contributed by atoms with Crippen LogP contribution in [0.3, 0.4) is 0 Å². The van der Waals surface area contributed by atoms with Gasteiger partial charge in [-0.3, -0.25) is 9.69 Å². The Morgan fingerprint density at radius 3 is 2.30 bits per heavy atom. The number of rotatable bonds is 6. The highest BCUT2D eigenvalue weighted by Crippen LogP contribution is 2.26. The fraction of sp³-hybridized carbons (Fsp3) is 0.222. The van der Waals surface area contributed by atoms with E-state index in [0.717, 1.165) is 48.2 Å². The van der Waals surface area contributed by atoms with Crippen LogP contribution in [0.5, 0.6) is 0 Å². The summed E-state index contributed by atoms with van der Waals surface area (Å²) in [5, 5.41) is 13.4. The third-order valence-corrected chi connectivity index (χ3v) is 6.14. The van der Waals surface area contributed by atoms with Crippen molar-refractivity contribution in [2.45, 2.75) is 19.4 Å². The standard InChI is InChI=1S/C27H25N3O3/c31-27(32)24-7-4-16-30(18-24)17-19-8-10-22(11-9-19)25-28-26(33-29-25)23-14-12-21(13-15-23)20-5-2-1-3-6-20/h1-3,5-6,8-15,24H,4,7,16-18H2,(H,31,32). The van der Waals surface area contributed by atoms with E-state index >= 15 is 0 Å². The average molecular weight is 440 g/mol. The van der Waals surface area contributed by atoms with Gasteiger partial charge < -0.3 is 9.63 Å². The maximum atomic E-state index is 11.3. The molecule has 1 saturated heterocycles. The van der Waals surface area contributed by atoms with Gasteiger partial charge in [0.15, 0.2) is 0 Å². The van der Waals surface area contributed by atoms with Crippen molar-refractivity contribution in [2.75, 3.05) is 13.1 Å². The van der Waals surface area contributed by atoms with Gasteiger partial charge in [-0.2, -0.15) is 4.98 Å². The molecule has 6 heteroatoms. The zero-order valence-electron chi connectivity index (χ0n) is 18.2. The minimum Gasteiger partial charge on any atom is -0.481 e. The van der Waals surface area contributed by atoms with Crippen molar-refractivity contribution in [3.05, 3.63) is 84.4 Å². The molecule has 0 saturated carbocycles. The Morgan fingerprint density at radius 2 is 1.58 bits per heavy atom. The first kappa shape index (κ1) is 21.1. The molecule has 1 aliphatic rings. The second kappa shape index (κ2) is 9.38. The highest BCUT2D eigenvalue weighted by atomic mass is 16.5. The van der Waals surface area contributed by atoms with Crippen molar-refractivity contribution < 1.29 is 14.4 Å². The molecule has 4 aromatic rings. The molecule has 0 spiro atoms. The average Bonchev–Trinajstić information content (AvgIpc) is 3.36. The van der Waals surface area contributed by atoms with E-state index in [1.165, 1.54) is 5.56 Å². The summed E-state index contributed by atoms with van der Waals surface area (Å²) in [7, 11) is 0. The number of carboxylic acid groups (broad SMARTS) is 1. The maximum Gasteiger partial charge on any atom is 0.307 e. The minimum atomic E-state index is -0.697. The van der Waals surface area contributed by atoms with E-state index in [1.807, 2.05) is 54.6 Å². The molecule has 0 radical (unpaired) electrons. The SMILES string of the molecule is O=C(O)C1CCCN(Cc2ccc(-c3noc(-c4ccc(-c5ccccc5)cc4)n3)cc2)C1. The van der Waals surface area contributed by atoms with Crippen molar-refractivity contribution in [3.8, 4) is 34.0 Å². The molecule has 1 atom stereocenters. The molecule has 1 fully saturated rings. The smallest absolute Gasteiger partial charge is 0.307 e. The lowest BCUT2D eigenvalue weighted by molar-refractivity contribution is -0.143. The van der Waals surface area contributed by atoms with E-state index in [0.29, 0.717) is 18.3 Å². The van der Waals surface area contributed by atoms with Gasteiger partial charge in [0.05, 0.1) is 5.92 Å². The topological polar surface area (TPSA) is 79.5 Å². The molecular formula is C27H25N3O3. The van der Waals surface area contributed by atoms with Crippen LogP contribution in [0, 0.1) is 5.92 Å². The molecule has 0 amide bonds. The predicted molar refractivity (Wildman–Crippen MR) is 126 cm³/mol. The van der Waals surface area contributed by atoms with Gasteiger partial charge in [-0.25, -0.2) is 0 Å². The van der Waals surface area contributed by atoms with Gasteiger partial charge in [0.2, 0.25) is 5.82 Å². The second-order valence-corrected chi connectivity index (χ2v) is 8.48.